The molecule has 4 heteroatoms. The highest BCUT2D eigenvalue weighted by Gasteiger charge is 2.17. The largest absolute Gasteiger partial charge is 0.288 e. The molecule has 1 aromatic carbocycles. The maximum Gasteiger partial charge on any atom is 0.204 e. The Morgan fingerprint density at radius 3 is 2.59 bits per heavy atom. The lowest BCUT2D eigenvalue weighted by Gasteiger charge is -2.03. The molecule has 0 N–H and O–H groups in total. The minimum absolute atomic E-state index is 0.132. The van der Waals surface area contributed by atoms with Gasteiger partial charge in [0.15, 0.2) is 0 Å². The van der Waals surface area contributed by atoms with Crippen LogP contribution in [-0.2, 0) is 0 Å². The molecule has 0 aliphatic rings. The maximum atomic E-state index is 13.2. The van der Waals surface area contributed by atoms with Crippen LogP contribution in [0.1, 0.15) is 25.7 Å². The number of aryl methyl sites for hydroxylation is 2. The smallest absolute Gasteiger partial charge is 0.204 e. The van der Waals surface area contributed by atoms with Crippen molar-refractivity contribution in [2.75, 3.05) is 0 Å². The lowest BCUT2D eigenvalue weighted by Crippen LogP contribution is -2.02. The SMILES string of the molecule is Cc1cc(C)c(C(=O)c2cc(F)ccc2Br)s1. The van der Waals surface area contributed by atoms with Gasteiger partial charge in [-0.25, -0.2) is 4.39 Å². The van der Waals surface area contributed by atoms with E-state index >= 15 is 0 Å². The molecule has 0 radical (unpaired) electrons. The number of hydrogen-bond acceptors (Lipinski definition) is 2. The van der Waals surface area contributed by atoms with Crippen molar-refractivity contribution in [2.45, 2.75) is 13.8 Å². The summed E-state index contributed by atoms with van der Waals surface area (Å²) in [6, 6.07) is 6.11. The summed E-state index contributed by atoms with van der Waals surface area (Å²) in [7, 11) is 0. The standard InChI is InChI=1S/C13H10BrFOS/c1-7-5-8(2)17-13(7)12(16)10-6-9(15)3-4-11(10)14/h3-6H,1-2H3. The summed E-state index contributed by atoms with van der Waals surface area (Å²) in [5.74, 6) is -0.533. The Morgan fingerprint density at radius 1 is 1.29 bits per heavy atom. The molecule has 0 aliphatic heterocycles. The van der Waals surface area contributed by atoms with Crippen LogP contribution in [0.5, 0.6) is 0 Å². The third-order valence-electron chi connectivity index (χ3n) is 2.42. The maximum absolute atomic E-state index is 13.2. The van der Waals surface area contributed by atoms with Crippen LogP contribution >= 0.6 is 27.3 Å². The highest BCUT2D eigenvalue weighted by atomic mass is 79.9. The molecule has 17 heavy (non-hydrogen) atoms. The Morgan fingerprint density at radius 2 is 2.00 bits per heavy atom. The molecule has 1 aromatic heterocycles. The zero-order chi connectivity index (χ0) is 12.6. The van der Waals surface area contributed by atoms with Crippen molar-refractivity contribution in [2.24, 2.45) is 0 Å². The molecular weight excluding hydrogens is 303 g/mol. The fourth-order valence-corrected chi connectivity index (χ4v) is 3.07. The minimum Gasteiger partial charge on any atom is -0.288 e. The van der Waals surface area contributed by atoms with Crippen molar-refractivity contribution in [3.05, 3.63) is 55.4 Å². The first-order chi connectivity index (χ1) is 7.99. The topological polar surface area (TPSA) is 17.1 Å². The van der Waals surface area contributed by atoms with Crippen LogP contribution in [0.3, 0.4) is 0 Å². The van der Waals surface area contributed by atoms with Gasteiger partial charge in [0.2, 0.25) is 5.78 Å². The lowest BCUT2D eigenvalue weighted by molar-refractivity contribution is 0.104. The van der Waals surface area contributed by atoms with E-state index in [-0.39, 0.29) is 5.78 Å². The van der Waals surface area contributed by atoms with Gasteiger partial charge >= 0.3 is 0 Å². The number of carbonyl (C=O) groups excluding carboxylic acids is 1. The van der Waals surface area contributed by atoms with Gasteiger partial charge in [-0.05, 0) is 43.7 Å². The van der Waals surface area contributed by atoms with Crippen LogP contribution in [0.4, 0.5) is 4.39 Å². The minimum atomic E-state index is -0.400. The normalized spacial score (nSPS) is 10.6. The fourth-order valence-electron chi connectivity index (χ4n) is 1.66. The molecule has 1 heterocycles. The van der Waals surface area contributed by atoms with Crippen molar-refractivity contribution >= 4 is 33.0 Å². The quantitative estimate of drug-likeness (QED) is 0.746. The molecule has 0 spiro atoms. The van der Waals surface area contributed by atoms with Crippen LogP contribution in [-0.4, -0.2) is 5.78 Å². The van der Waals surface area contributed by atoms with Gasteiger partial charge in [0, 0.05) is 14.9 Å². The molecule has 0 aliphatic carbocycles. The third-order valence-corrected chi connectivity index (χ3v) is 4.26. The number of thiophene rings is 1. The van der Waals surface area contributed by atoms with E-state index in [0.29, 0.717) is 14.9 Å². The van der Waals surface area contributed by atoms with Crippen molar-refractivity contribution in [3.8, 4) is 0 Å². The van der Waals surface area contributed by atoms with E-state index in [1.807, 2.05) is 19.9 Å². The van der Waals surface area contributed by atoms with Crippen LogP contribution < -0.4 is 0 Å². The molecule has 2 aromatic rings. The van der Waals surface area contributed by atoms with Gasteiger partial charge in [0.25, 0.3) is 0 Å². The summed E-state index contributed by atoms with van der Waals surface area (Å²) < 4.78 is 13.8. The Labute approximate surface area is 111 Å². The number of carbonyl (C=O) groups is 1. The summed E-state index contributed by atoms with van der Waals surface area (Å²) in [6.07, 6.45) is 0. The van der Waals surface area contributed by atoms with Gasteiger partial charge in [-0.1, -0.05) is 15.9 Å². The number of rotatable bonds is 2. The summed E-state index contributed by atoms with van der Waals surface area (Å²) in [4.78, 5) is 14.0. The number of ketones is 1. The highest BCUT2D eigenvalue weighted by Crippen LogP contribution is 2.27. The predicted molar refractivity (Wildman–Crippen MR) is 71.3 cm³/mol. The monoisotopic (exact) mass is 312 g/mol. The summed E-state index contributed by atoms with van der Waals surface area (Å²) >= 11 is 4.72. The molecule has 0 atom stereocenters. The zero-order valence-electron chi connectivity index (χ0n) is 9.38. The molecule has 0 bridgehead atoms. The number of halogens is 2. The van der Waals surface area contributed by atoms with Crippen LogP contribution in [0.2, 0.25) is 0 Å². The van der Waals surface area contributed by atoms with Gasteiger partial charge < -0.3 is 0 Å². The van der Waals surface area contributed by atoms with Gasteiger partial charge in [0.1, 0.15) is 5.82 Å². The molecule has 0 saturated carbocycles. The molecular formula is C13H10BrFOS. The van der Waals surface area contributed by atoms with Crippen LogP contribution in [0.15, 0.2) is 28.7 Å². The van der Waals surface area contributed by atoms with Gasteiger partial charge in [0.05, 0.1) is 4.88 Å². The lowest BCUT2D eigenvalue weighted by atomic mass is 10.1. The summed E-state index contributed by atoms with van der Waals surface area (Å²) in [5, 5.41) is 0. The average Bonchev–Trinajstić information content (AvgIpc) is 2.60. The van der Waals surface area contributed by atoms with Gasteiger partial charge in [-0.2, -0.15) is 0 Å². The molecule has 88 valence electrons. The first kappa shape index (κ1) is 12.5. The average molecular weight is 313 g/mol. The van der Waals surface area contributed by atoms with Crippen LogP contribution in [0.25, 0.3) is 0 Å². The third kappa shape index (κ3) is 2.48. The highest BCUT2D eigenvalue weighted by molar-refractivity contribution is 9.10. The Balaban J connectivity index is 2.50. The van der Waals surface area contributed by atoms with Crippen molar-refractivity contribution in [1.29, 1.82) is 0 Å². The first-order valence-corrected chi connectivity index (χ1v) is 6.67. The molecule has 0 saturated heterocycles. The van der Waals surface area contributed by atoms with E-state index in [1.54, 1.807) is 6.07 Å². The van der Waals surface area contributed by atoms with Crippen molar-refractivity contribution in [1.82, 2.24) is 0 Å². The Hall–Kier alpha value is -1.00. The Kier molecular flexibility index (Phi) is 3.45. The van der Waals surface area contributed by atoms with Crippen molar-refractivity contribution < 1.29 is 9.18 Å². The Bertz CT molecular complexity index is 589. The first-order valence-electron chi connectivity index (χ1n) is 5.06. The predicted octanol–water partition coefficient (Wildman–Crippen LogP) is 4.50. The second-order valence-electron chi connectivity index (χ2n) is 3.82. The second kappa shape index (κ2) is 4.70. The van der Waals surface area contributed by atoms with E-state index in [4.69, 9.17) is 0 Å². The second-order valence-corrected chi connectivity index (χ2v) is 5.93. The fraction of sp³-hybridized carbons (Fsp3) is 0.154. The van der Waals surface area contributed by atoms with E-state index in [9.17, 15) is 9.18 Å². The van der Waals surface area contributed by atoms with E-state index in [0.717, 1.165) is 10.4 Å². The summed E-state index contributed by atoms with van der Waals surface area (Å²) in [5.41, 5.74) is 1.31. The molecule has 0 fully saturated rings. The molecule has 0 unspecified atom stereocenters. The van der Waals surface area contributed by atoms with E-state index in [2.05, 4.69) is 15.9 Å². The molecule has 1 nitrogen and oxygen atoms in total. The zero-order valence-corrected chi connectivity index (χ0v) is 11.8. The summed E-state index contributed by atoms with van der Waals surface area (Å²) in [6.45, 7) is 3.85. The van der Waals surface area contributed by atoms with Crippen molar-refractivity contribution in [3.63, 3.8) is 0 Å². The van der Waals surface area contributed by atoms with E-state index < -0.39 is 5.82 Å². The van der Waals surface area contributed by atoms with Crippen LogP contribution in [0, 0.1) is 19.7 Å². The van der Waals surface area contributed by atoms with E-state index in [1.165, 1.54) is 23.5 Å². The number of hydrogen-bond donors (Lipinski definition) is 0. The number of benzene rings is 1. The van der Waals surface area contributed by atoms with Gasteiger partial charge in [-0.3, -0.25) is 4.79 Å². The molecule has 2 rings (SSSR count). The van der Waals surface area contributed by atoms with Gasteiger partial charge in [-0.15, -0.1) is 11.3 Å². The molecule has 0 amide bonds.